The number of nitrogens with one attached hydrogen (secondary N) is 3. The summed E-state index contributed by atoms with van der Waals surface area (Å²) in [5.74, 6) is -2.39. The van der Waals surface area contributed by atoms with Crippen LogP contribution in [0.4, 0.5) is 0 Å². The molecule has 0 radical (unpaired) electrons. The minimum atomic E-state index is -0.874. The Labute approximate surface area is 332 Å². The van der Waals surface area contributed by atoms with Gasteiger partial charge in [0.15, 0.2) is 0 Å². The zero-order chi connectivity index (χ0) is 36.9. The molecular formula is C36H30N7O9Pr. The predicted molar refractivity (Wildman–Crippen MR) is 194 cm³/mol. The van der Waals surface area contributed by atoms with Crippen molar-refractivity contribution in [1.82, 2.24) is 35.0 Å². The Morgan fingerprint density at radius 1 is 0.491 bits per heavy atom. The molecule has 0 aliphatic heterocycles. The standard InChI is InChI=1S/C36H30N7O9.Pr/c44-31(28-19-22-7-1-4-10-25(22)34(47)41(28)50)37-13-16-40(17-14-38-32(45)29-20-23-8-2-5-11-26(23)35(48)42(29)51)18-15-39-33(46)30-21-24-9-3-6-12-27(24)36(49)43(30)52;/h1-12,19-21H,13-18H2,(H,37,44)(H,38,45)(H,39,46);/q-3;+3. The van der Waals surface area contributed by atoms with Crippen molar-refractivity contribution in [2.45, 2.75) is 0 Å². The van der Waals surface area contributed by atoms with Gasteiger partial charge in [-0.15, -0.1) is 0 Å². The molecule has 0 saturated carbocycles. The second kappa shape index (κ2) is 16.8. The zero-order valence-electron chi connectivity index (χ0n) is 27.9. The molecule has 53 heavy (non-hydrogen) atoms. The number of pyridine rings is 3. The van der Waals surface area contributed by atoms with Crippen molar-refractivity contribution >= 4 is 50.0 Å². The van der Waals surface area contributed by atoms with Crippen LogP contribution in [-0.4, -0.2) is 76.1 Å². The van der Waals surface area contributed by atoms with E-state index in [9.17, 15) is 44.4 Å². The van der Waals surface area contributed by atoms with Crippen LogP contribution in [-0.2, 0) is 0 Å². The van der Waals surface area contributed by atoms with Crippen molar-refractivity contribution in [2.24, 2.45) is 0 Å². The Kier molecular flexibility index (Phi) is 12.3. The molecule has 266 valence electrons. The summed E-state index contributed by atoms with van der Waals surface area (Å²) < 4.78 is 0.0574. The van der Waals surface area contributed by atoms with Crippen molar-refractivity contribution in [3.63, 3.8) is 0 Å². The monoisotopic (exact) mass is 845 g/mol. The smallest absolute Gasteiger partial charge is 0.803 e. The quantitative estimate of drug-likeness (QED) is 0.161. The third kappa shape index (κ3) is 8.24. The van der Waals surface area contributed by atoms with Crippen molar-refractivity contribution in [2.75, 3.05) is 39.3 Å². The summed E-state index contributed by atoms with van der Waals surface area (Å²) in [5.41, 5.74) is -3.81. The Hall–Kier alpha value is -5.58. The van der Waals surface area contributed by atoms with Gasteiger partial charge >= 0.3 is 41.3 Å². The van der Waals surface area contributed by atoms with Gasteiger partial charge in [0, 0.05) is 55.4 Å². The summed E-state index contributed by atoms with van der Waals surface area (Å²) in [4.78, 5) is 78.1. The molecule has 3 amide bonds. The Balaban J connectivity index is 0.00000541. The molecule has 3 aromatic carbocycles. The van der Waals surface area contributed by atoms with Gasteiger partial charge in [0.1, 0.15) is 17.1 Å². The molecule has 6 rings (SSSR count). The number of hydrogen-bond acceptors (Lipinski definition) is 10. The molecule has 0 atom stereocenters. The first kappa shape index (κ1) is 38.6. The number of benzene rings is 3. The number of carbonyl (C=O) groups is 3. The summed E-state index contributed by atoms with van der Waals surface area (Å²) in [6, 6.07) is 23.0. The van der Waals surface area contributed by atoms with E-state index in [2.05, 4.69) is 16.0 Å². The molecule has 3 N–H and O–H groups in total. The predicted octanol–water partition coefficient (Wildman–Crippen LogP) is 1.56. The summed E-state index contributed by atoms with van der Waals surface area (Å²) in [7, 11) is 0. The van der Waals surface area contributed by atoms with E-state index < -0.39 is 51.5 Å². The van der Waals surface area contributed by atoms with Crippen LogP contribution in [0.25, 0.3) is 32.3 Å². The van der Waals surface area contributed by atoms with E-state index in [-0.39, 0.29) is 111 Å². The molecule has 0 spiro atoms. The van der Waals surface area contributed by atoms with E-state index in [1.54, 1.807) is 59.5 Å². The van der Waals surface area contributed by atoms with E-state index in [1.165, 1.54) is 36.4 Å². The van der Waals surface area contributed by atoms with Gasteiger partial charge in [0.2, 0.25) is 0 Å². The number of rotatable bonds is 12. The van der Waals surface area contributed by atoms with Crippen LogP contribution < -0.4 is 32.6 Å². The van der Waals surface area contributed by atoms with E-state index >= 15 is 0 Å². The average molecular weight is 846 g/mol. The SMILES string of the molecule is O=C(NCCN(CCNC(=O)c1cc2ccccc2c(=O)n1[O-])CCNC(=O)c1cc2ccccc2c(=O)n1[O-])c1cc2ccccc2c(=O)n1[O-].[Pr+3]. The fraction of sp³-hybridized carbons (Fsp3) is 0.167. The average Bonchev–Trinajstić information content (AvgIpc) is 3.15. The molecule has 3 heterocycles. The summed E-state index contributed by atoms with van der Waals surface area (Å²) in [6.45, 7) is 0.280. The third-order valence-corrected chi connectivity index (χ3v) is 8.50. The van der Waals surface area contributed by atoms with E-state index in [0.29, 0.717) is 16.2 Å². The number of amides is 3. The molecule has 0 aliphatic carbocycles. The first-order valence-corrected chi connectivity index (χ1v) is 16.1. The van der Waals surface area contributed by atoms with Crippen LogP contribution in [0, 0.1) is 56.9 Å². The van der Waals surface area contributed by atoms with Gasteiger partial charge < -0.3 is 45.8 Å². The van der Waals surface area contributed by atoms with Crippen LogP contribution in [0.5, 0.6) is 0 Å². The maximum atomic E-state index is 13.0. The van der Waals surface area contributed by atoms with Gasteiger partial charge in [-0.05, 0) is 52.6 Å². The molecule has 0 bridgehead atoms. The van der Waals surface area contributed by atoms with Crippen molar-refractivity contribution < 1.29 is 55.7 Å². The van der Waals surface area contributed by atoms with Gasteiger partial charge in [0.25, 0.3) is 34.4 Å². The van der Waals surface area contributed by atoms with Gasteiger partial charge in [-0.2, -0.15) is 0 Å². The molecule has 0 unspecified atom stereocenters. The maximum absolute atomic E-state index is 13.0. The molecule has 6 aromatic rings. The van der Waals surface area contributed by atoms with E-state index in [0.717, 1.165) is 0 Å². The number of nitrogens with zero attached hydrogens (tertiary/aromatic N) is 4. The van der Waals surface area contributed by atoms with Crippen molar-refractivity contribution in [1.29, 1.82) is 0 Å². The Morgan fingerprint density at radius 3 is 1.04 bits per heavy atom. The molecule has 3 aromatic heterocycles. The van der Waals surface area contributed by atoms with E-state index in [4.69, 9.17) is 0 Å². The largest absolute Gasteiger partial charge is 3.00 e. The fourth-order valence-corrected chi connectivity index (χ4v) is 5.79. The normalized spacial score (nSPS) is 11.0. The molecule has 16 nitrogen and oxygen atoms in total. The minimum Gasteiger partial charge on any atom is -0.803 e. The topological polar surface area (TPSA) is 226 Å². The van der Waals surface area contributed by atoms with Gasteiger partial charge in [-0.1, -0.05) is 54.6 Å². The van der Waals surface area contributed by atoms with Crippen molar-refractivity contribution in [3.8, 4) is 0 Å². The summed E-state index contributed by atoms with van der Waals surface area (Å²) in [5, 5.41) is 47.3. The zero-order valence-corrected chi connectivity index (χ0v) is 31.6. The van der Waals surface area contributed by atoms with Crippen LogP contribution >= 0.6 is 0 Å². The Morgan fingerprint density at radius 2 is 0.755 bits per heavy atom. The summed E-state index contributed by atoms with van der Waals surface area (Å²) >= 11 is 0. The van der Waals surface area contributed by atoms with Crippen LogP contribution in [0.1, 0.15) is 31.5 Å². The first-order valence-electron chi connectivity index (χ1n) is 16.1. The van der Waals surface area contributed by atoms with Gasteiger partial charge in [-0.3, -0.25) is 33.7 Å². The van der Waals surface area contributed by atoms with E-state index in [1.807, 2.05) is 0 Å². The van der Waals surface area contributed by atoms with Crippen LogP contribution in [0.2, 0.25) is 0 Å². The molecule has 17 heteroatoms. The number of carbonyl (C=O) groups excluding carboxylic acids is 3. The second-order valence-corrected chi connectivity index (χ2v) is 11.8. The number of fused-ring (bicyclic) bond motifs is 3. The fourth-order valence-electron chi connectivity index (χ4n) is 5.79. The Bertz CT molecular complexity index is 2270. The van der Waals surface area contributed by atoms with Crippen molar-refractivity contribution in [3.05, 3.63) is 155 Å². The molecule has 0 aliphatic rings. The molecule has 0 fully saturated rings. The molecular weight excluding hydrogens is 815 g/mol. The molecule has 0 saturated heterocycles. The number of hydrogen-bond donors (Lipinski definition) is 3. The van der Waals surface area contributed by atoms with Crippen LogP contribution in [0.15, 0.2) is 105 Å². The maximum Gasteiger partial charge on any atom is 3.00 e. The second-order valence-electron chi connectivity index (χ2n) is 11.8. The first-order chi connectivity index (χ1) is 25.0. The van der Waals surface area contributed by atoms with Gasteiger partial charge in [0.05, 0.1) is 0 Å². The summed E-state index contributed by atoms with van der Waals surface area (Å²) in [6.07, 6.45) is 0. The van der Waals surface area contributed by atoms with Gasteiger partial charge in [-0.25, -0.2) is 0 Å². The number of aromatic nitrogens is 3. The minimum absolute atomic E-state index is 0. The third-order valence-electron chi connectivity index (χ3n) is 8.50. The van der Waals surface area contributed by atoms with Crippen LogP contribution in [0.3, 0.4) is 0 Å².